The Morgan fingerprint density at radius 3 is 2.85 bits per heavy atom. The molecule has 0 saturated heterocycles. The van der Waals surface area contributed by atoms with E-state index in [1.54, 1.807) is 19.2 Å². The third kappa shape index (κ3) is 2.91. The summed E-state index contributed by atoms with van der Waals surface area (Å²) in [5, 5.41) is -0.551. The fourth-order valence-electron chi connectivity index (χ4n) is 0.903. The van der Waals surface area contributed by atoms with Crippen LogP contribution < -0.4 is 5.56 Å². The molecule has 1 N–H and O–H groups in total. The molecule has 5 heteroatoms. The van der Waals surface area contributed by atoms with Crippen molar-refractivity contribution in [2.24, 2.45) is 0 Å². The van der Waals surface area contributed by atoms with Crippen molar-refractivity contribution in [3.05, 3.63) is 34.2 Å². The van der Waals surface area contributed by atoms with Gasteiger partial charge < -0.3 is 9.88 Å². The van der Waals surface area contributed by atoms with Crippen molar-refractivity contribution in [2.75, 3.05) is 7.05 Å². The molecular weight excluding hydrogens is 192 g/mol. The lowest BCUT2D eigenvalue weighted by atomic mass is 10.3. The van der Waals surface area contributed by atoms with Crippen LogP contribution in [0.2, 0.25) is 0 Å². The third-order valence-electron chi connectivity index (χ3n) is 1.54. The van der Waals surface area contributed by atoms with Crippen molar-refractivity contribution < 1.29 is 4.79 Å². The SMILES string of the molecule is CN(Cc1cccc(=O)[nH]1)C(=O)Cl. The monoisotopic (exact) mass is 200 g/mol. The molecule has 4 nitrogen and oxygen atoms in total. The van der Waals surface area contributed by atoms with Gasteiger partial charge >= 0.3 is 5.37 Å². The number of hydrogen-bond donors (Lipinski definition) is 1. The highest BCUT2D eigenvalue weighted by Gasteiger charge is 2.04. The fourth-order valence-corrected chi connectivity index (χ4v) is 0.963. The van der Waals surface area contributed by atoms with E-state index >= 15 is 0 Å². The van der Waals surface area contributed by atoms with Gasteiger partial charge in [0, 0.05) is 18.8 Å². The molecule has 0 aromatic carbocycles. The predicted molar refractivity (Wildman–Crippen MR) is 49.8 cm³/mol. The summed E-state index contributed by atoms with van der Waals surface area (Å²) in [6, 6.07) is 4.75. The van der Waals surface area contributed by atoms with Gasteiger partial charge in [-0.15, -0.1) is 0 Å². The molecule has 0 aliphatic heterocycles. The second-order valence-electron chi connectivity index (χ2n) is 2.65. The summed E-state index contributed by atoms with van der Waals surface area (Å²) in [6.07, 6.45) is 0. The van der Waals surface area contributed by atoms with Crippen LogP contribution in [0.5, 0.6) is 0 Å². The Morgan fingerprint density at radius 1 is 1.62 bits per heavy atom. The average molecular weight is 201 g/mol. The summed E-state index contributed by atoms with van der Waals surface area (Å²) >= 11 is 5.21. The van der Waals surface area contributed by atoms with Gasteiger partial charge in [-0.25, -0.2) is 0 Å². The second-order valence-corrected chi connectivity index (χ2v) is 2.97. The van der Waals surface area contributed by atoms with E-state index in [1.807, 2.05) is 0 Å². The first kappa shape index (κ1) is 9.80. The van der Waals surface area contributed by atoms with E-state index in [0.29, 0.717) is 12.2 Å². The molecule has 0 spiro atoms. The molecule has 70 valence electrons. The van der Waals surface area contributed by atoms with Gasteiger partial charge in [-0.3, -0.25) is 9.59 Å². The standard InChI is InChI=1S/C8H9ClN2O2/c1-11(8(9)13)5-6-3-2-4-7(12)10-6/h2-4H,5H2,1H3,(H,10,12). The van der Waals surface area contributed by atoms with Crippen LogP contribution in [0.15, 0.2) is 23.0 Å². The number of carbonyl (C=O) groups excluding carboxylic acids is 1. The Morgan fingerprint density at radius 2 is 2.31 bits per heavy atom. The highest BCUT2D eigenvalue weighted by molar-refractivity contribution is 6.62. The van der Waals surface area contributed by atoms with E-state index < -0.39 is 5.37 Å². The van der Waals surface area contributed by atoms with E-state index in [4.69, 9.17) is 11.6 Å². The highest BCUT2D eigenvalue weighted by Crippen LogP contribution is 1.99. The first-order valence-corrected chi connectivity index (χ1v) is 4.06. The van der Waals surface area contributed by atoms with Gasteiger partial charge in [-0.05, 0) is 17.7 Å². The first-order valence-electron chi connectivity index (χ1n) is 3.68. The van der Waals surface area contributed by atoms with Crippen molar-refractivity contribution in [1.29, 1.82) is 0 Å². The van der Waals surface area contributed by atoms with Crippen LogP contribution in [0.1, 0.15) is 5.69 Å². The zero-order valence-electron chi connectivity index (χ0n) is 7.08. The molecule has 0 atom stereocenters. The summed E-state index contributed by atoms with van der Waals surface area (Å²) in [7, 11) is 1.56. The minimum atomic E-state index is -0.551. The Hall–Kier alpha value is -1.29. The number of amides is 1. The molecule has 1 aromatic heterocycles. The molecule has 1 rings (SSSR count). The van der Waals surface area contributed by atoms with Gasteiger partial charge in [0.2, 0.25) is 5.56 Å². The third-order valence-corrected chi connectivity index (χ3v) is 1.82. The van der Waals surface area contributed by atoms with Gasteiger partial charge in [0.1, 0.15) is 0 Å². The van der Waals surface area contributed by atoms with Crippen LogP contribution >= 0.6 is 11.6 Å². The van der Waals surface area contributed by atoms with E-state index in [9.17, 15) is 9.59 Å². The molecule has 0 fully saturated rings. The summed E-state index contributed by atoms with van der Waals surface area (Å²) in [4.78, 5) is 25.4. The fraction of sp³-hybridized carbons (Fsp3) is 0.250. The minimum Gasteiger partial charge on any atom is -0.326 e. The lowest BCUT2D eigenvalue weighted by Gasteiger charge is -2.12. The number of rotatable bonds is 2. The largest absolute Gasteiger partial charge is 0.326 e. The summed E-state index contributed by atoms with van der Waals surface area (Å²) < 4.78 is 0. The van der Waals surface area contributed by atoms with E-state index in [-0.39, 0.29) is 5.56 Å². The zero-order valence-corrected chi connectivity index (χ0v) is 7.84. The second kappa shape index (κ2) is 4.09. The van der Waals surface area contributed by atoms with Crippen LogP contribution in [0.3, 0.4) is 0 Å². The lowest BCUT2D eigenvalue weighted by molar-refractivity contribution is 0.230. The number of carbonyl (C=O) groups is 1. The lowest BCUT2D eigenvalue weighted by Crippen LogP contribution is -2.22. The maximum absolute atomic E-state index is 10.8. The number of hydrogen-bond acceptors (Lipinski definition) is 2. The number of aromatic nitrogens is 1. The summed E-state index contributed by atoms with van der Waals surface area (Å²) in [6.45, 7) is 0.304. The van der Waals surface area contributed by atoms with Crippen LogP contribution in [-0.2, 0) is 6.54 Å². The quantitative estimate of drug-likeness (QED) is 0.576. The predicted octanol–water partition coefficient (Wildman–Crippen LogP) is 1.17. The molecule has 1 aromatic rings. The molecule has 0 unspecified atom stereocenters. The smallest absolute Gasteiger partial charge is 0.316 e. The number of halogens is 1. The first-order chi connectivity index (χ1) is 6.09. The van der Waals surface area contributed by atoms with Crippen LogP contribution in [-0.4, -0.2) is 22.3 Å². The Bertz CT molecular complexity index is 361. The normalized spacial score (nSPS) is 9.69. The topological polar surface area (TPSA) is 53.2 Å². The number of aromatic amines is 1. The molecule has 0 saturated carbocycles. The Balaban J connectivity index is 2.75. The van der Waals surface area contributed by atoms with Gasteiger partial charge in [0.25, 0.3) is 0 Å². The van der Waals surface area contributed by atoms with Gasteiger partial charge in [0.05, 0.1) is 6.54 Å². The van der Waals surface area contributed by atoms with Crippen LogP contribution in [0.4, 0.5) is 4.79 Å². The van der Waals surface area contributed by atoms with Gasteiger partial charge in [0.15, 0.2) is 0 Å². The molecule has 13 heavy (non-hydrogen) atoms. The molecule has 0 aliphatic rings. The number of pyridine rings is 1. The number of nitrogens with zero attached hydrogens (tertiary/aromatic N) is 1. The average Bonchev–Trinajstić information content (AvgIpc) is 2.04. The molecule has 0 aliphatic carbocycles. The Kier molecular flexibility index (Phi) is 3.08. The molecule has 1 amide bonds. The van der Waals surface area contributed by atoms with Crippen molar-refractivity contribution >= 4 is 17.0 Å². The minimum absolute atomic E-state index is 0.187. The number of nitrogens with one attached hydrogen (secondary N) is 1. The van der Waals surface area contributed by atoms with Crippen molar-refractivity contribution in [3.63, 3.8) is 0 Å². The Labute approximate surface area is 80.1 Å². The molecule has 1 heterocycles. The highest BCUT2D eigenvalue weighted by atomic mass is 35.5. The van der Waals surface area contributed by atoms with Crippen LogP contribution in [0.25, 0.3) is 0 Å². The van der Waals surface area contributed by atoms with Gasteiger partial charge in [-0.2, -0.15) is 0 Å². The van der Waals surface area contributed by atoms with E-state index in [1.165, 1.54) is 11.0 Å². The molecule has 0 radical (unpaired) electrons. The van der Waals surface area contributed by atoms with Gasteiger partial charge in [-0.1, -0.05) is 6.07 Å². The van der Waals surface area contributed by atoms with Crippen LogP contribution in [0, 0.1) is 0 Å². The number of H-pyrrole nitrogens is 1. The maximum Gasteiger partial charge on any atom is 0.316 e. The van der Waals surface area contributed by atoms with Crippen molar-refractivity contribution in [3.8, 4) is 0 Å². The summed E-state index contributed by atoms with van der Waals surface area (Å²) in [5.41, 5.74) is 0.469. The molecular formula is C8H9ClN2O2. The van der Waals surface area contributed by atoms with Crippen molar-refractivity contribution in [1.82, 2.24) is 9.88 Å². The maximum atomic E-state index is 10.8. The zero-order chi connectivity index (χ0) is 9.84. The summed E-state index contributed by atoms with van der Waals surface area (Å²) in [5.74, 6) is 0. The van der Waals surface area contributed by atoms with Crippen molar-refractivity contribution in [2.45, 2.75) is 6.54 Å². The van der Waals surface area contributed by atoms with E-state index in [0.717, 1.165) is 0 Å². The van der Waals surface area contributed by atoms with E-state index in [2.05, 4.69) is 4.98 Å². The molecule has 0 bridgehead atoms.